The zero-order valence-corrected chi connectivity index (χ0v) is 12.7. The third kappa shape index (κ3) is 2.43. The van der Waals surface area contributed by atoms with E-state index in [0.717, 1.165) is 0 Å². The minimum Gasteiger partial charge on any atom is -0.155 e. The molecule has 0 aromatic carbocycles. The van der Waals surface area contributed by atoms with Crippen LogP contribution in [0.25, 0.3) is 0 Å². The lowest BCUT2D eigenvalue weighted by atomic mass is 9.78. The molecule has 0 atom stereocenters. The molecule has 0 radical (unpaired) electrons. The van der Waals surface area contributed by atoms with Crippen LogP contribution in [0.15, 0.2) is 0 Å². The van der Waals surface area contributed by atoms with Crippen LogP contribution in [0.5, 0.6) is 0 Å². The molecule has 1 aromatic rings. The first kappa shape index (κ1) is 13.5. The molecule has 0 bridgehead atoms. The van der Waals surface area contributed by atoms with E-state index in [1.807, 2.05) is 0 Å². The molecule has 1 aliphatic rings. The first-order valence-corrected chi connectivity index (χ1v) is 7.10. The van der Waals surface area contributed by atoms with Crippen LogP contribution < -0.4 is 0 Å². The van der Waals surface area contributed by atoms with E-state index in [-0.39, 0.29) is 10.8 Å². The summed E-state index contributed by atoms with van der Waals surface area (Å²) in [5.74, 6) is 0. The molecule has 1 aromatic heterocycles. The Morgan fingerprint density at radius 2 is 1.00 bits per heavy atom. The van der Waals surface area contributed by atoms with Crippen LogP contribution in [0, 0.1) is 0 Å². The van der Waals surface area contributed by atoms with E-state index in [9.17, 15) is 0 Å². The summed E-state index contributed by atoms with van der Waals surface area (Å²) in [6.45, 7) is 13.4. The van der Waals surface area contributed by atoms with Gasteiger partial charge in [-0.1, -0.05) is 41.5 Å². The van der Waals surface area contributed by atoms with E-state index >= 15 is 0 Å². The Balaban J connectivity index is 2.64. The molecule has 0 fully saturated rings. The average molecular weight is 246 g/mol. The van der Waals surface area contributed by atoms with Gasteiger partial charge >= 0.3 is 0 Å². The molecule has 0 N–H and O–H groups in total. The largest absolute Gasteiger partial charge is 0.155 e. The molecular weight excluding hydrogens is 220 g/mol. The van der Waals surface area contributed by atoms with Crippen molar-refractivity contribution in [3.63, 3.8) is 0 Å². The number of hydrogen-bond acceptors (Lipinski definition) is 2. The Kier molecular flexibility index (Phi) is 3.25. The lowest BCUT2D eigenvalue weighted by Gasteiger charge is -2.30. The van der Waals surface area contributed by atoms with Crippen LogP contribution in [-0.2, 0) is 23.7 Å². The molecule has 1 heterocycles. The van der Waals surface area contributed by atoms with Crippen LogP contribution in [0.4, 0.5) is 0 Å². The van der Waals surface area contributed by atoms with Crippen LogP contribution in [0.2, 0.25) is 0 Å². The molecular formula is C16H26N2. The third-order valence-electron chi connectivity index (χ3n) is 3.71. The fourth-order valence-corrected chi connectivity index (χ4v) is 2.85. The lowest BCUT2D eigenvalue weighted by Crippen LogP contribution is -2.26. The Hall–Kier alpha value is -0.920. The molecule has 2 rings (SSSR count). The molecule has 1 aliphatic carbocycles. The Labute approximate surface area is 111 Å². The molecule has 100 valence electrons. The van der Waals surface area contributed by atoms with Crippen molar-refractivity contribution >= 4 is 0 Å². The van der Waals surface area contributed by atoms with Crippen molar-refractivity contribution < 1.29 is 0 Å². The van der Waals surface area contributed by atoms with Crippen LogP contribution in [-0.4, -0.2) is 10.2 Å². The van der Waals surface area contributed by atoms with Crippen molar-refractivity contribution in [3.8, 4) is 0 Å². The number of fused-ring (bicyclic) bond motifs is 1. The first-order chi connectivity index (χ1) is 8.21. The van der Waals surface area contributed by atoms with Crippen LogP contribution >= 0.6 is 0 Å². The quantitative estimate of drug-likeness (QED) is 0.692. The molecule has 18 heavy (non-hydrogen) atoms. The van der Waals surface area contributed by atoms with Gasteiger partial charge in [-0.2, -0.15) is 10.2 Å². The maximum Gasteiger partial charge on any atom is 0.0719 e. The molecule has 0 saturated carbocycles. The summed E-state index contributed by atoms with van der Waals surface area (Å²) in [7, 11) is 0. The number of rotatable bonds is 0. The maximum atomic E-state index is 4.58. The second-order valence-corrected chi connectivity index (χ2v) is 7.56. The van der Waals surface area contributed by atoms with E-state index in [2.05, 4.69) is 51.7 Å². The van der Waals surface area contributed by atoms with E-state index in [0.29, 0.717) is 0 Å². The minimum atomic E-state index is 0.102. The van der Waals surface area contributed by atoms with Crippen LogP contribution in [0.1, 0.15) is 76.9 Å². The van der Waals surface area contributed by atoms with Gasteiger partial charge in [-0.15, -0.1) is 0 Å². The van der Waals surface area contributed by atoms with Gasteiger partial charge < -0.3 is 0 Å². The van der Waals surface area contributed by atoms with Gasteiger partial charge in [0.15, 0.2) is 0 Å². The summed E-state index contributed by atoms with van der Waals surface area (Å²) in [5.41, 5.74) is 5.62. The van der Waals surface area contributed by atoms with Crippen molar-refractivity contribution in [1.82, 2.24) is 10.2 Å². The van der Waals surface area contributed by atoms with Gasteiger partial charge in [0, 0.05) is 10.8 Å². The molecule has 0 amide bonds. The smallest absolute Gasteiger partial charge is 0.0719 e. The van der Waals surface area contributed by atoms with Gasteiger partial charge in [-0.25, -0.2) is 0 Å². The molecule has 2 heteroatoms. The van der Waals surface area contributed by atoms with E-state index in [1.54, 1.807) is 0 Å². The van der Waals surface area contributed by atoms with Crippen molar-refractivity contribution in [2.45, 2.75) is 78.1 Å². The van der Waals surface area contributed by atoms with Gasteiger partial charge in [0.2, 0.25) is 0 Å². The highest BCUT2D eigenvalue weighted by molar-refractivity contribution is 5.40. The monoisotopic (exact) mass is 246 g/mol. The van der Waals surface area contributed by atoms with Crippen molar-refractivity contribution in [1.29, 1.82) is 0 Å². The summed E-state index contributed by atoms with van der Waals surface area (Å²) >= 11 is 0. The summed E-state index contributed by atoms with van der Waals surface area (Å²) in [5, 5.41) is 9.16. The highest BCUT2D eigenvalue weighted by Gasteiger charge is 2.29. The molecule has 0 aliphatic heterocycles. The van der Waals surface area contributed by atoms with Gasteiger partial charge in [0.1, 0.15) is 0 Å². The van der Waals surface area contributed by atoms with Gasteiger partial charge in [-0.05, 0) is 36.8 Å². The Bertz CT molecular complexity index is 404. The number of aromatic nitrogens is 2. The summed E-state index contributed by atoms with van der Waals surface area (Å²) in [6, 6.07) is 0. The predicted octanol–water partition coefficient (Wildman–Crippen LogP) is 3.95. The normalized spacial score (nSPS) is 16.6. The predicted molar refractivity (Wildman–Crippen MR) is 76.1 cm³/mol. The summed E-state index contributed by atoms with van der Waals surface area (Å²) in [6.07, 6.45) is 4.96. The Morgan fingerprint density at radius 1 is 0.667 bits per heavy atom. The fourth-order valence-electron chi connectivity index (χ4n) is 2.85. The van der Waals surface area contributed by atoms with Gasteiger partial charge in [-0.3, -0.25) is 0 Å². The topological polar surface area (TPSA) is 25.8 Å². The SMILES string of the molecule is CC(C)(C)c1nnc(C(C)(C)C)c2c1CCCC2. The molecule has 0 saturated heterocycles. The fraction of sp³-hybridized carbons (Fsp3) is 0.750. The molecule has 0 spiro atoms. The number of hydrogen-bond donors (Lipinski definition) is 0. The third-order valence-corrected chi connectivity index (χ3v) is 3.71. The molecule has 0 unspecified atom stereocenters. The zero-order chi connectivity index (χ0) is 13.6. The van der Waals surface area contributed by atoms with Gasteiger partial charge in [0.25, 0.3) is 0 Å². The second-order valence-electron chi connectivity index (χ2n) is 7.56. The van der Waals surface area contributed by atoms with Gasteiger partial charge in [0.05, 0.1) is 11.4 Å². The lowest BCUT2D eigenvalue weighted by molar-refractivity contribution is 0.497. The van der Waals surface area contributed by atoms with Crippen molar-refractivity contribution in [2.75, 3.05) is 0 Å². The van der Waals surface area contributed by atoms with E-state index in [4.69, 9.17) is 0 Å². The highest BCUT2D eigenvalue weighted by atomic mass is 15.1. The minimum absolute atomic E-state index is 0.102. The van der Waals surface area contributed by atoms with E-state index in [1.165, 1.54) is 48.2 Å². The van der Waals surface area contributed by atoms with E-state index < -0.39 is 0 Å². The summed E-state index contributed by atoms with van der Waals surface area (Å²) < 4.78 is 0. The standard InChI is InChI=1S/C16H26N2/c1-15(2,3)13-11-9-7-8-10-12(11)14(18-17-13)16(4,5)6/h7-10H2,1-6H3. The zero-order valence-electron chi connectivity index (χ0n) is 12.7. The Morgan fingerprint density at radius 3 is 1.28 bits per heavy atom. The van der Waals surface area contributed by atoms with Crippen molar-refractivity contribution in [2.24, 2.45) is 0 Å². The average Bonchev–Trinajstić information content (AvgIpc) is 2.24. The maximum absolute atomic E-state index is 4.58. The second kappa shape index (κ2) is 4.32. The van der Waals surface area contributed by atoms with Crippen molar-refractivity contribution in [3.05, 3.63) is 22.5 Å². The number of nitrogens with zero attached hydrogens (tertiary/aromatic N) is 2. The molecule has 2 nitrogen and oxygen atoms in total. The summed E-state index contributed by atoms with van der Waals surface area (Å²) in [4.78, 5) is 0. The highest BCUT2D eigenvalue weighted by Crippen LogP contribution is 2.35. The first-order valence-electron chi connectivity index (χ1n) is 7.10. The van der Waals surface area contributed by atoms with Crippen LogP contribution in [0.3, 0.4) is 0 Å².